The van der Waals surface area contributed by atoms with Crippen molar-refractivity contribution in [2.75, 3.05) is 0 Å². The number of rotatable bonds is 3. The Balaban J connectivity index is 1.92. The second-order valence-electron chi connectivity index (χ2n) is 6.08. The van der Waals surface area contributed by atoms with E-state index < -0.39 is 0 Å². The average molecular weight is 281 g/mol. The summed E-state index contributed by atoms with van der Waals surface area (Å²) in [7, 11) is 0. The van der Waals surface area contributed by atoms with Gasteiger partial charge >= 0.3 is 0 Å². The predicted octanol–water partition coefficient (Wildman–Crippen LogP) is 2.70. The lowest BCUT2D eigenvalue weighted by Gasteiger charge is -2.20. The summed E-state index contributed by atoms with van der Waals surface area (Å²) in [5.74, 6) is 0.789. The zero-order valence-electron chi connectivity index (χ0n) is 12.5. The van der Waals surface area contributed by atoms with Gasteiger partial charge in [-0.05, 0) is 45.0 Å². The summed E-state index contributed by atoms with van der Waals surface area (Å²) < 4.78 is 1.77. The van der Waals surface area contributed by atoms with Gasteiger partial charge in [0.05, 0.1) is 11.2 Å². The molecule has 0 amide bonds. The normalized spacial score (nSPS) is 12.0. The molecule has 5 nitrogen and oxygen atoms in total. The summed E-state index contributed by atoms with van der Waals surface area (Å²) in [5, 5.41) is 11.8. The zero-order valence-corrected chi connectivity index (χ0v) is 12.5. The van der Waals surface area contributed by atoms with E-state index in [2.05, 4.69) is 41.4 Å². The molecule has 3 rings (SSSR count). The van der Waals surface area contributed by atoms with Crippen molar-refractivity contribution < 1.29 is 0 Å². The third-order valence-corrected chi connectivity index (χ3v) is 3.16. The van der Waals surface area contributed by atoms with Crippen LogP contribution in [0.4, 0.5) is 0 Å². The second kappa shape index (κ2) is 5.26. The summed E-state index contributed by atoms with van der Waals surface area (Å²) in [5.41, 5.74) is 2.89. The minimum absolute atomic E-state index is 0.0671. The first-order chi connectivity index (χ1) is 10.0. The van der Waals surface area contributed by atoms with Crippen LogP contribution in [0.25, 0.3) is 16.9 Å². The molecule has 0 atom stereocenters. The largest absolute Gasteiger partial charge is 0.306 e. The van der Waals surface area contributed by atoms with Gasteiger partial charge in [0, 0.05) is 12.1 Å². The van der Waals surface area contributed by atoms with Gasteiger partial charge in [0.15, 0.2) is 5.82 Å². The number of para-hydroxylation sites is 1. The van der Waals surface area contributed by atoms with Crippen molar-refractivity contribution in [3.05, 3.63) is 48.2 Å². The summed E-state index contributed by atoms with van der Waals surface area (Å²) in [4.78, 5) is 4.67. The highest BCUT2D eigenvalue weighted by Crippen LogP contribution is 2.14. The number of hydrogen-bond acceptors (Lipinski definition) is 4. The Morgan fingerprint density at radius 3 is 2.67 bits per heavy atom. The number of aromatic nitrogens is 4. The number of benzene rings is 1. The molecule has 0 aliphatic rings. The molecule has 0 aliphatic carbocycles. The van der Waals surface area contributed by atoms with E-state index in [1.54, 1.807) is 4.68 Å². The molecular weight excluding hydrogens is 262 g/mol. The maximum Gasteiger partial charge on any atom is 0.156 e. The summed E-state index contributed by atoms with van der Waals surface area (Å²) in [6.45, 7) is 7.15. The Hall–Kier alpha value is -2.27. The van der Waals surface area contributed by atoms with Crippen LogP contribution in [0.3, 0.4) is 0 Å². The smallest absolute Gasteiger partial charge is 0.156 e. The van der Waals surface area contributed by atoms with Crippen molar-refractivity contribution in [3.8, 4) is 5.82 Å². The molecule has 1 N–H and O–H groups in total. The fraction of sp³-hybridized carbons (Fsp3) is 0.312. The lowest BCUT2D eigenvalue weighted by atomic mass is 10.1. The van der Waals surface area contributed by atoms with Crippen LogP contribution in [0.5, 0.6) is 0 Å². The third kappa shape index (κ3) is 3.08. The van der Waals surface area contributed by atoms with Crippen molar-refractivity contribution in [1.29, 1.82) is 0 Å². The first-order valence-electron chi connectivity index (χ1n) is 7.05. The molecule has 2 heterocycles. The van der Waals surface area contributed by atoms with Crippen LogP contribution in [0.1, 0.15) is 26.5 Å². The van der Waals surface area contributed by atoms with Crippen LogP contribution in [-0.2, 0) is 6.54 Å². The van der Waals surface area contributed by atoms with Crippen molar-refractivity contribution in [2.45, 2.75) is 32.9 Å². The van der Waals surface area contributed by atoms with Crippen LogP contribution >= 0.6 is 0 Å². The number of hydrogen-bond donors (Lipinski definition) is 1. The van der Waals surface area contributed by atoms with Gasteiger partial charge in [0.1, 0.15) is 5.52 Å². The van der Waals surface area contributed by atoms with Gasteiger partial charge in [-0.1, -0.05) is 23.4 Å². The number of nitrogens with one attached hydrogen (secondary N) is 1. The molecule has 1 aromatic carbocycles. The van der Waals surface area contributed by atoms with Crippen LogP contribution in [0, 0.1) is 0 Å². The van der Waals surface area contributed by atoms with Gasteiger partial charge in [-0.15, -0.1) is 5.10 Å². The molecule has 0 saturated carbocycles. The van der Waals surface area contributed by atoms with Gasteiger partial charge in [0.2, 0.25) is 0 Å². The predicted molar refractivity (Wildman–Crippen MR) is 83.3 cm³/mol. The summed E-state index contributed by atoms with van der Waals surface area (Å²) in [6, 6.07) is 13.8. The third-order valence-electron chi connectivity index (χ3n) is 3.16. The quantitative estimate of drug-likeness (QED) is 0.802. The highest BCUT2D eigenvalue weighted by atomic mass is 15.4. The van der Waals surface area contributed by atoms with E-state index in [-0.39, 0.29) is 5.54 Å². The molecule has 0 radical (unpaired) electrons. The van der Waals surface area contributed by atoms with Crippen molar-refractivity contribution >= 4 is 11.0 Å². The molecule has 0 saturated heterocycles. The zero-order chi connectivity index (χ0) is 14.9. The Morgan fingerprint density at radius 2 is 1.86 bits per heavy atom. The average Bonchev–Trinajstić information content (AvgIpc) is 2.89. The van der Waals surface area contributed by atoms with Gasteiger partial charge in [-0.2, -0.15) is 4.68 Å². The van der Waals surface area contributed by atoms with Crippen molar-refractivity contribution in [3.63, 3.8) is 0 Å². The first kappa shape index (κ1) is 13.7. The minimum Gasteiger partial charge on any atom is -0.306 e. The topological polar surface area (TPSA) is 55.6 Å². The van der Waals surface area contributed by atoms with Crippen molar-refractivity contribution in [2.24, 2.45) is 0 Å². The SMILES string of the molecule is CC(C)(C)NCc1cccc(-n2nnc3ccccc32)n1. The van der Waals surface area contributed by atoms with Crippen molar-refractivity contribution in [1.82, 2.24) is 25.3 Å². The molecule has 108 valence electrons. The molecular formula is C16H19N5. The van der Waals surface area contributed by atoms with Gasteiger partial charge in [-0.3, -0.25) is 0 Å². The van der Waals surface area contributed by atoms with Gasteiger partial charge in [0.25, 0.3) is 0 Å². The second-order valence-corrected chi connectivity index (χ2v) is 6.08. The molecule has 0 bridgehead atoms. The van der Waals surface area contributed by atoms with Crippen LogP contribution in [0.15, 0.2) is 42.5 Å². The summed E-state index contributed by atoms with van der Waals surface area (Å²) >= 11 is 0. The molecule has 0 unspecified atom stereocenters. The van der Waals surface area contributed by atoms with Crippen LogP contribution in [-0.4, -0.2) is 25.5 Å². The van der Waals surface area contributed by atoms with E-state index in [0.717, 1.165) is 29.1 Å². The number of pyridine rings is 1. The Morgan fingerprint density at radius 1 is 1.05 bits per heavy atom. The van der Waals surface area contributed by atoms with E-state index in [0.29, 0.717) is 0 Å². The Labute approximate surface area is 124 Å². The van der Waals surface area contributed by atoms with Crippen LogP contribution in [0.2, 0.25) is 0 Å². The van der Waals surface area contributed by atoms with E-state index in [1.165, 1.54) is 0 Å². The molecule has 2 aromatic heterocycles. The summed E-state index contributed by atoms with van der Waals surface area (Å²) in [6.07, 6.45) is 0. The molecule has 0 aliphatic heterocycles. The highest BCUT2D eigenvalue weighted by Gasteiger charge is 2.10. The number of fused-ring (bicyclic) bond motifs is 1. The Kier molecular flexibility index (Phi) is 3.43. The van der Waals surface area contributed by atoms with E-state index in [1.807, 2.05) is 42.5 Å². The monoisotopic (exact) mass is 281 g/mol. The van der Waals surface area contributed by atoms with E-state index in [9.17, 15) is 0 Å². The van der Waals surface area contributed by atoms with Crippen LogP contribution < -0.4 is 5.32 Å². The standard InChI is InChI=1S/C16H19N5/c1-16(2,3)17-11-12-7-6-10-15(18-12)21-14-9-5-4-8-13(14)19-20-21/h4-10,17H,11H2,1-3H3. The maximum absolute atomic E-state index is 4.67. The van der Waals surface area contributed by atoms with Gasteiger partial charge in [-0.25, -0.2) is 4.98 Å². The first-order valence-corrected chi connectivity index (χ1v) is 7.05. The molecule has 0 fully saturated rings. The Bertz CT molecular complexity index is 754. The lowest BCUT2D eigenvalue weighted by Crippen LogP contribution is -2.35. The molecule has 5 heteroatoms. The maximum atomic E-state index is 4.67. The highest BCUT2D eigenvalue weighted by molar-refractivity contribution is 5.75. The van der Waals surface area contributed by atoms with Gasteiger partial charge < -0.3 is 5.32 Å². The fourth-order valence-corrected chi connectivity index (χ4v) is 2.08. The minimum atomic E-state index is 0.0671. The lowest BCUT2D eigenvalue weighted by molar-refractivity contribution is 0.421. The molecule has 21 heavy (non-hydrogen) atoms. The fourth-order valence-electron chi connectivity index (χ4n) is 2.08. The van der Waals surface area contributed by atoms with E-state index in [4.69, 9.17) is 0 Å². The number of nitrogens with zero attached hydrogens (tertiary/aromatic N) is 4. The molecule has 3 aromatic rings. The molecule has 0 spiro atoms. The van der Waals surface area contributed by atoms with E-state index >= 15 is 0 Å².